The fraction of sp³-hybridized carbons (Fsp3) is 0.692. The molecular formula is C13H23N3. The van der Waals surface area contributed by atoms with Crippen molar-refractivity contribution in [2.45, 2.75) is 40.5 Å². The normalized spacial score (nSPS) is 12.6. The first-order valence-corrected chi connectivity index (χ1v) is 6.12. The van der Waals surface area contributed by atoms with Crippen LogP contribution in [0.25, 0.3) is 0 Å². The van der Waals surface area contributed by atoms with Crippen LogP contribution in [0, 0.1) is 12.8 Å². The zero-order chi connectivity index (χ0) is 12.1. The van der Waals surface area contributed by atoms with Crippen molar-refractivity contribution in [3.05, 3.63) is 17.6 Å². The number of aromatic nitrogens is 2. The first kappa shape index (κ1) is 12.9. The first-order chi connectivity index (χ1) is 7.56. The molecule has 3 heteroatoms. The van der Waals surface area contributed by atoms with Crippen molar-refractivity contribution in [3.63, 3.8) is 0 Å². The summed E-state index contributed by atoms with van der Waals surface area (Å²) in [6.45, 7) is 9.63. The maximum absolute atomic E-state index is 4.48. The summed E-state index contributed by atoms with van der Waals surface area (Å²) in [5.41, 5.74) is 1.12. The van der Waals surface area contributed by atoms with Gasteiger partial charge in [-0.1, -0.05) is 27.2 Å². The van der Waals surface area contributed by atoms with Gasteiger partial charge >= 0.3 is 0 Å². The van der Waals surface area contributed by atoms with Gasteiger partial charge < -0.3 is 4.90 Å². The van der Waals surface area contributed by atoms with Crippen molar-refractivity contribution in [2.75, 3.05) is 18.5 Å². The van der Waals surface area contributed by atoms with Gasteiger partial charge in [-0.05, 0) is 19.3 Å². The Balaban J connectivity index is 2.82. The Morgan fingerprint density at radius 2 is 2.00 bits per heavy atom. The Hall–Kier alpha value is -1.12. The molecule has 1 aromatic rings. The highest BCUT2D eigenvalue weighted by Gasteiger charge is 2.08. The second-order valence-electron chi connectivity index (χ2n) is 4.51. The van der Waals surface area contributed by atoms with Crippen LogP contribution < -0.4 is 4.90 Å². The number of hydrogen-bond donors (Lipinski definition) is 0. The number of rotatable bonds is 5. The van der Waals surface area contributed by atoms with Gasteiger partial charge in [-0.15, -0.1) is 0 Å². The molecule has 0 spiro atoms. The number of aryl methyl sites for hydroxylation is 2. The molecule has 0 aliphatic heterocycles. The van der Waals surface area contributed by atoms with Crippen LogP contribution in [0.3, 0.4) is 0 Å². The Morgan fingerprint density at radius 3 is 2.56 bits per heavy atom. The van der Waals surface area contributed by atoms with E-state index in [1.54, 1.807) is 0 Å². The molecule has 1 rings (SSSR count). The van der Waals surface area contributed by atoms with E-state index in [0.29, 0.717) is 5.92 Å². The maximum atomic E-state index is 4.48. The molecule has 0 N–H and O–H groups in total. The van der Waals surface area contributed by atoms with E-state index < -0.39 is 0 Å². The quantitative estimate of drug-likeness (QED) is 0.765. The molecular weight excluding hydrogens is 198 g/mol. The lowest BCUT2D eigenvalue weighted by molar-refractivity contribution is 0.557. The average Bonchev–Trinajstić information content (AvgIpc) is 2.27. The van der Waals surface area contributed by atoms with Crippen molar-refractivity contribution in [2.24, 2.45) is 5.92 Å². The number of nitrogens with zero attached hydrogens (tertiary/aromatic N) is 3. The van der Waals surface area contributed by atoms with Gasteiger partial charge in [0.15, 0.2) is 0 Å². The third-order valence-electron chi connectivity index (χ3n) is 2.91. The minimum atomic E-state index is 0.699. The molecule has 1 atom stereocenters. The fourth-order valence-electron chi connectivity index (χ4n) is 1.68. The molecule has 0 saturated carbocycles. The lowest BCUT2D eigenvalue weighted by atomic mass is 10.1. The molecule has 16 heavy (non-hydrogen) atoms. The number of anilines is 1. The topological polar surface area (TPSA) is 29.0 Å². The van der Waals surface area contributed by atoms with Gasteiger partial charge in [-0.2, -0.15) is 0 Å². The SMILES string of the molecule is CCc1cc(N(C)CC(C)CC)nc(C)n1. The van der Waals surface area contributed by atoms with Gasteiger partial charge in [-0.3, -0.25) is 0 Å². The Morgan fingerprint density at radius 1 is 1.31 bits per heavy atom. The fourth-order valence-corrected chi connectivity index (χ4v) is 1.68. The summed E-state index contributed by atoms with van der Waals surface area (Å²) in [5.74, 6) is 2.61. The van der Waals surface area contributed by atoms with Gasteiger partial charge in [0.1, 0.15) is 11.6 Å². The lowest BCUT2D eigenvalue weighted by Crippen LogP contribution is -2.25. The predicted octanol–water partition coefficient (Wildman–Crippen LogP) is 2.83. The van der Waals surface area contributed by atoms with E-state index in [-0.39, 0.29) is 0 Å². The second-order valence-corrected chi connectivity index (χ2v) is 4.51. The zero-order valence-corrected chi connectivity index (χ0v) is 11.1. The highest BCUT2D eigenvalue weighted by Crippen LogP contribution is 2.14. The summed E-state index contributed by atoms with van der Waals surface area (Å²) in [5, 5.41) is 0. The van der Waals surface area contributed by atoms with Crippen LogP contribution in [-0.4, -0.2) is 23.6 Å². The summed E-state index contributed by atoms with van der Waals surface area (Å²) in [7, 11) is 2.10. The maximum Gasteiger partial charge on any atom is 0.132 e. The van der Waals surface area contributed by atoms with Gasteiger partial charge in [0.05, 0.1) is 0 Å². The molecule has 0 aromatic carbocycles. The van der Waals surface area contributed by atoms with E-state index in [9.17, 15) is 0 Å². The molecule has 0 radical (unpaired) electrons. The molecule has 0 bridgehead atoms. The molecule has 1 heterocycles. The van der Waals surface area contributed by atoms with E-state index >= 15 is 0 Å². The van der Waals surface area contributed by atoms with Crippen LogP contribution in [0.1, 0.15) is 38.7 Å². The molecule has 0 aliphatic rings. The van der Waals surface area contributed by atoms with Crippen molar-refractivity contribution < 1.29 is 0 Å². The Labute approximate surface area is 98.9 Å². The molecule has 0 fully saturated rings. The summed E-state index contributed by atoms with van der Waals surface area (Å²) in [6, 6.07) is 2.09. The standard InChI is InChI=1S/C13H23N3/c1-6-10(3)9-16(5)13-8-12(7-2)14-11(4)15-13/h8,10H,6-7,9H2,1-5H3. The monoisotopic (exact) mass is 221 g/mol. The Bertz CT molecular complexity index is 336. The molecule has 0 aliphatic carbocycles. The van der Waals surface area contributed by atoms with Crippen LogP contribution in [0.5, 0.6) is 0 Å². The van der Waals surface area contributed by atoms with Crippen LogP contribution in [0.4, 0.5) is 5.82 Å². The Kier molecular flexibility index (Phi) is 4.71. The van der Waals surface area contributed by atoms with Crippen molar-refractivity contribution in [3.8, 4) is 0 Å². The molecule has 0 saturated heterocycles. The summed E-state index contributed by atoms with van der Waals surface area (Å²) < 4.78 is 0. The van der Waals surface area contributed by atoms with E-state index in [0.717, 1.165) is 30.3 Å². The van der Waals surface area contributed by atoms with Crippen molar-refractivity contribution >= 4 is 5.82 Å². The van der Waals surface area contributed by atoms with E-state index in [2.05, 4.69) is 48.8 Å². The molecule has 0 amide bonds. The third-order valence-corrected chi connectivity index (χ3v) is 2.91. The van der Waals surface area contributed by atoms with Crippen LogP contribution in [0.2, 0.25) is 0 Å². The number of hydrogen-bond acceptors (Lipinski definition) is 3. The average molecular weight is 221 g/mol. The third kappa shape index (κ3) is 3.47. The van der Waals surface area contributed by atoms with Crippen LogP contribution >= 0.6 is 0 Å². The smallest absolute Gasteiger partial charge is 0.132 e. The van der Waals surface area contributed by atoms with Gasteiger partial charge in [0.25, 0.3) is 0 Å². The summed E-state index contributed by atoms with van der Waals surface area (Å²) >= 11 is 0. The van der Waals surface area contributed by atoms with Gasteiger partial charge in [0, 0.05) is 25.4 Å². The lowest BCUT2D eigenvalue weighted by Gasteiger charge is -2.22. The van der Waals surface area contributed by atoms with Crippen molar-refractivity contribution in [1.29, 1.82) is 0 Å². The summed E-state index contributed by atoms with van der Waals surface area (Å²) in [6.07, 6.45) is 2.17. The van der Waals surface area contributed by atoms with Crippen molar-refractivity contribution in [1.82, 2.24) is 9.97 Å². The highest BCUT2D eigenvalue weighted by molar-refractivity contribution is 5.38. The highest BCUT2D eigenvalue weighted by atomic mass is 15.2. The minimum absolute atomic E-state index is 0.699. The first-order valence-electron chi connectivity index (χ1n) is 6.12. The predicted molar refractivity (Wildman–Crippen MR) is 68.9 cm³/mol. The van der Waals surface area contributed by atoms with Gasteiger partial charge in [-0.25, -0.2) is 9.97 Å². The largest absolute Gasteiger partial charge is 0.359 e. The van der Waals surface area contributed by atoms with E-state index in [4.69, 9.17) is 0 Å². The molecule has 1 aromatic heterocycles. The van der Waals surface area contributed by atoms with E-state index in [1.807, 2.05) is 6.92 Å². The molecule has 90 valence electrons. The van der Waals surface area contributed by atoms with E-state index in [1.165, 1.54) is 6.42 Å². The minimum Gasteiger partial charge on any atom is -0.359 e. The molecule has 1 unspecified atom stereocenters. The van der Waals surface area contributed by atoms with Gasteiger partial charge in [0.2, 0.25) is 0 Å². The van der Waals surface area contributed by atoms with Crippen LogP contribution in [0.15, 0.2) is 6.07 Å². The molecule has 3 nitrogen and oxygen atoms in total. The zero-order valence-electron chi connectivity index (χ0n) is 11.1. The van der Waals surface area contributed by atoms with Crippen LogP contribution in [-0.2, 0) is 6.42 Å². The second kappa shape index (κ2) is 5.83. The summed E-state index contributed by atoms with van der Waals surface area (Å²) in [4.78, 5) is 11.1.